The predicted octanol–water partition coefficient (Wildman–Crippen LogP) is 2.73. The number of nitrogens with one attached hydrogen (secondary N) is 1. The van der Waals surface area contributed by atoms with Gasteiger partial charge in [-0.1, -0.05) is 31.4 Å². The second kappa shape index (κ2) is 7.44. The SMILES string of the molecule is CCOc1ccc(CN(C)CN2C(=O)NC3(CCCCC3)C2=O)cc1. The van der Waals surface area contributed by atoms with E-state index in [-0.39, 0.29) is 11.9 Å². The Hall–Kier alpha value is -2.08. The maximum atomic E-state index is 12.8. The van der Waals surface area contributed by atoms with E-state index in [1.807, 2.05) is 43.1 Å². The first-order valence-electron chi connectivity index (χ1n) is 9.08. The smallest absolute Gasteiger partial charge is 0.326 e. The van der Waals surface area contributed by atoms with Crippen LogP contribution in [-0.4, -0.2) is 47.6 Å². The molecule has 6 nitrogen and oxygen atoms in total. The molecule has 0 bridgehead atoms. The monoisotopic (exact) mass is 345 g/mol. The molecule has 0 unspecified atom stereocenters. The Morgan fingerprint density at radius 1 is 1.16 bits per heavy atom. The summed E-state index contributed by atoms with van der Waals surface area (Å²) in [6.45, 7) is 3.57. The zero-order valence-electron chi connectivity index (χ0n) is 15.1. The van der Waals surface area contributed by atoms with Crippen molar-refractivity contribution < 1.29 is 14.3 Å². The molecule has 0 radical (unpaired) electrons. The number of urea groups is 1. The molecule has 6 heteroatoms. The van der Waals surface area contributed by atoms with Crippen molar-refractivity contribution in [2.24, 2.45) is 0 Å². The minimum absolute atomic E-state index is 0.0595. The Morgan fingerprint density at radius 2 is 1.84 bits per heavy atom. The highest BCUT2D eigenvalue weighted by atomic mass is 16.5. The Morgan fingerprint density at radius 3 is 2.48 bits per heavy atom. The number of hydrogen-bond acceptors (Lipinski definition) is 4. The van der Waals surface area contributed by atoms with E-state index < -0.39 is 5.54 Å². The van der Waals surface area contributed by atoms with E-state index in [9.17, 15) is 9.59 Å². The second-order valence-corrected chi connectivity index (χ2v) is 7.04. The van der Waals surface area contributed by atoms with Crippen LogP contribution in [0.1, 0.15) is 44.6 Å². The largest absolute Gasteiger partial charge is 0.494 e. The molecule has 2 fully saturated rings. The molecule has 3 amide bonds. The Balaban J connectivity index is 1.59. The molecular weight excluding hydrogens is 318 g/mol. The lowest BCUT2D eigenvalue weighted by molar-refractivity contribution is -0.133. The zero-order chi connectivity index (χ0) is 17.9. The van der Waals surface area contributed by atoms with Gasteiger partial charge in [-0.15, -0.1) is 0 Å². The topological polar surface area (TPSA) is 61.9 Å². The molecule has 1 saturated carbocycles. The average molecular weight is 345 g/mol. The second-order valence-electron chi connectivity index (χ2n) is 7.04. The molecule has 1 aliphatic heterocycles. The molecule has 3 rings (SSSR count). The van der Waals surface area contributed by atoms with Crippen LogP contribution in [0.4, 0.5) is 4.79 Å². The number of hydrogen-bond donors (Lipinski definition) is 1. The van der Waals surface area contributed by atoms with Gasteiger partial charge in [0.05, 0.1) is 13.3 Å². The number of amides is 3. The maximum Gasteiger partial charge on any atom is 0.326 e. The first kappa shape index (κ1) is 17.7. The van der Waals surface area contributed by atoms with Crippen LogP contribution in [0.3, 0.4) is 0 Å². The fraction of sp³-hybridized carbons (Fsp3) is 0.579. The summed E-state index contributed by atoms with van der Waals surface area (Å²) < 4.78 is 5.45. The van der Waals surface area contributed by atoms with Gasteiger partial charge in [0.2, 0.25) is 0 Å². The van der Waals surface area contributed by atoms with Gasteiger partial charge in [-0.05, 0) is 44.5 Å². The highest BCUT2D eigenvalue weighted by Gasteiger charge is 2.51. The summed E-state index contributed by atoms with van der Waals surface area (Å²) in [6, 6.07) is 7.64. The van der Waals surface area contributed by atoms with Gasteiger partial charge < -0.3 is 10.1 Å². The summed E-state index contributed by atoms with van der Waals surface area (Å²) in [7, 11) is 1.92. The van der Waals surface area contributed by atoms with Gasteiger partial charge in [-0.25, -0.2) is 9.69 Å². The zero-order valence-corrected chi connectivity index (χ0v) is 15.1. The standard InChI is InChI=1S/C19H27N3O3/c1-3-25-16-9-7-15(8-10-16)13-21(2)14-22-17(23)19(20-18(22)24)11-5-4-6-12-19/h7-10H,3-6,11-14H2,1-2H3,(H,20,24). The number of carbonyl (C=O) groups is 2. The van der Waals surface area contributed by atoms with E-state index in [1.54, 1.807) is 0 Å². The summed E-state index contributed by atoms with van der Waals surface area (Å²) >= 11 is 0. The first-order valence-corrected chi connectivity index (χ1v) is 9.08. The van der Waals surface area contributed by atoms with Crippen molar-refractivity contribution in [1.82, 2.24) is 15.1 Å². The number of nitrogens with zero attached hydrogens (tertiary/aromatic N) is 2. The lowest BCUT2D eigenvalue weighted by atomic mass is 9.82. The molecule has 1 heterocycles. The quantitative estimate of drug-likeness (QED) is 0.805. The van der Waals surface area contributed by atoms with Crippen LogP contribution in [0.5, 0.6) is 5.75 Å². The summed E-state index contributed by atoms with van der Waals surface area (Å²) in [5, 5.41) is 2.95. The lowest BCUT2D eigenvalue weighted by Gasteiger charge is -2.31. The van der Waals surface area contributed by atoms with E-state index in [2.05, 4.69) is 5.32 Å². The Bertz CT molecular complexity index is 623. The third-order valence-electron chi connectivity index (χ3n) is 5.02. The molecule has 25 heavy (non-hydrogen) atoms. The van der Waals surface area contributed by atoms with Gasteiger partial charge in [0.15, 0.2) is 0 Å². The van der Waals surface area contributed by atoms with Crippen LogP contribution in [0, 0.1) is 0 Å². The molecule has 1 N–H and O–H groups in total. The summed E-state index contributed by atoms with van der Waals surface area (Å²) in [4.78, 5) is 28.5. The van der Waals surface area contributed by atoms with Crippen LogP contribution >= 0.6 is 0 Å². The highest BCUT2D eigenvalue weighted by molar-refractivity contribution is 6.07. The van der Waals surface area contributed by atoms with Gasteiger partial charge in [-0.2, -0.15) is 0 Å². The van der Waals surface area contributed by atoms with E-state index in [0.29, 0.717) is 19.8 Å². The van der Waals surface area contributed by atoms with Crippen molar-refractivity contribution in [1.29, 1.82) is 0 Å². The van der Waals surface area contributed by atoms with Crippen molar-refractivity contribution in [2.45, 2.75) is 51.1 Å². The van der Waals surface area contributed by atoms with Crippen LogP contribution < -0.4 is 10.1 Å². The van der Waals surface area contributed by atoms with Gasteiger partial charge >= 0.3 is 6.03 Å². The van der Waals surface area contributed by atoms with E-state index in [4.69, 9.17) is 4.74 Å². The maximum absolute atomic E-state index is 12.8. The number of ether oxygens (including phenoxy) is 1. The average Bonchev–Trinajstić information content (AvgIpc) is 2.82. The lowest BCUT2D eigenvalue weighted by Crippen LogP contribution is -2.48. The third-order valence-corrected chi connectivity index (χ3v) is 5.02. The molecule has 136 valence electrons. The normalized spacial score (nSPS) is 19.6. The number of rotatable bonds is 6. The fourth-order valence-electron chi connectivity index (χ4n) is 3.76. The molecule has 1 aliphatic carbocycles. The van der Waals surface area contributed by atoms with E-state index in [1.165, 1.54) is 4.90 Å². The minimum Gasteiger partial charge on any atom is -0.494 e. The van der Waals surface area contributed by atoms with Crippen LogP contribution in [0.15, 0.2) is 24.3 Å². The van der Waals surface area contributed by atoms with Crippen LogP contribution in [0.25, 0.3) is 0 Å². The molecule has 1 spiro atoms. The summed E-state index contributed by atoms with van der Waals surface area (Å²) in [6.07, 6.45) is 4.67. The molecule has 1 saturated heterocycles. The fourth-order valence-corrected chi connectivity index (χ4v) is 3.76. The first-order chi connectivity index (χ1) is 12.0. The summed E-state index contributed by atoms with van der Waals surface area (Å²) in [5.74, 6) is 0.790. The number of benzene rings is 1. The number of imide groups is 1. The molecule has 2 aliphatic rings. The van der Waals surface area contributed by atoms with Crippen molar-refractivity contribution in [2.75, 3.05) is 20.3 Å². The van der Waals surface area contributed by atoms with Gasteiger partial charge in [0.25, 0.3) is 5.91 Å². The predicted molar refractivity (Wildman–Crippen MR) is 95.1 cm³/mol. The molecule has 1 aromatic rings. The molecule has 1 aromatic carbocycles. The highest BCUT2D eigenvalue weighted by Crippen LogP contribution is 2.33. The number of carbonyl (C=O) groups excluding carboxylic acids is 2. The van der Waals surface area contributed by atoms with Crippen LogP contribution in [-0.2, 0) is 11.3 Å². The van der Waals surface area contributed by atoms with E-state index in [0.717, 1.165) is 43.4 Å². The summed E-state index contributed by atoms with van der Waals surface area (Å²) in [5.41, 5.74) is 0.473. The van der Waals surface area contributed by atoms with Gasteiger partial charge in [0, 0.05) is 6.54 Å². The molecule has 0 atom stereocenters. The minimum atomic E-state index is -0.644. The molecule has 0 aromatic heterocycles. The van der Waals surface area contributed by atoms with Crippen molar-refractivity contribution >= 4 is 11.9 Å². The van der Waals surface area contributed by atoms with Crippen molar-refractivity contribution in [3.8, 4) is 5.75 Å². The third kappa shape index (κ3) is 3.79. The van der Waals surface area contributed by atoms with Crippen LogP contribution in [0.2, 0.25) is 0 Å². The van der Waals surface area contributed by atoms with Gasteiger partial charge in [-0.3, -0.25) is 9.69 Å². The van der Waals surface area contributed by atoms with Crippen molar-refractivity contribution in [3.05, 3.63) is 29.8 Å². The Labute approximate surface area is 149 Å². The Kier molecular flexibility index (Phi) is 5.27. The van der Waals surface area contributed by atoms with Gasteiger partial charge in [0.1, 0.15) is 11.3 Å². The van der Waals surface area contributed by atoms with E-state index >= 15 is 0 Å². The van der Waals surface area contributed by atoms with Crippen molar-refractivity contribution in [3.63, 3.8) is 0 Å². The molecular formula is C19H27N3O3.